The number of rotatable bonds is 3. The number of hydrogen-bond acceptors (Lipinski definition) is 3. The van der Waals surface area contributed by atoms with E-state index in [-0.39, 0.29) is 15.2 Å². The second-order valence-electron chi connectivity index (χ2n) is 4.33. The third-order valence-electron chi connectivity index (χ3n) is 3.23. The van der Waals surface area contributed by atoms with E-state index < -0.39 is 10.1 Å². The zero-order chi connectivity index (χ0) is 14.2. The minimum absolute atomic E-state index is 0.000666. The van der Waals surface area contributed by atoms with Crippen molar-refractivity contribution < 1.29 is 13.7 Å². The first-order valence-corrected chi connectivity index (χ1v) is 9.47. The van der Waals surface area contributed by atoms with Crippen LogP contribution in [0, 0.1) is 0 Å². The van der Waals surface area contributed by atoms with E-state index in [0.29, 0.717) is 0 Å². The van der Waals surface area contributed by atoms with Crippen LogP contribution in [0.25, 0.3) is 0 Å². The Morgan fingerprint density at radius 2 is 1.65 bits per heavy atom. The number of hydrogen-bond donors (Lipinski definition) is 2. The Bertz CT molecular complexity index is 687. The zero-order valence-electron chi connectivity index (χ0n) is 11.1. The summed E-state index contributed by atoms with van der Waals surface area (Å²) in [5, 5.41) is 0. The van der Waals surface area contributed by atoms with Gasteiger partial charge in [0.25, 0.3) is 0 Å². The Morgan fingerprint density at radius 3 is 2.30 bits per heavy atom. The molecule has 1 heterocycles. The van der Waals surface area contributed by atoms with Crippen molar-refractivity contribution in [1.29, 1.82) is 0 Å². The molecule has 0 saturated carbocycles. The van der Waals surface area contributed by atoms with Crippen LogP contribution in [0.2, 0.25) is 0 Å². The van der Waals surface area contributed by atoms with Crippen LogP contribution in [-0.4, -0.2) is 33.6 Å². The maximum atomic E-state index is 13.3. The molecule has 0 saturated heterocycles. The summed E-state index contributed by atoms with van der Waals surface area (Å²) in [4.78, 5) is 1.70. The molecule has 4 nitrogen and oxygen atoms in total. The van der Waals surface area contributed by atoms with Crippen LogP contribution >= 0.6 is 0 Å². The number of methoxy groups -OCH3 is 2. The van der Waals surface area contributed by atoms with E-state index in [2.05, 4.69) is 3.74 Å². The van der Waals surface area contributed by atoms with Gasteiger partial charge in [-0.3, -0.25) is 0 Å². The van der Waals surface area contributed by atoms with Gasteiger partial charge < -0.3 is 0 Å². The zero-order valence-corrected chi connectivity index (χ0v) is 13.7. The Hall–Kier alpha value is -1.33. The molecule has 1 aliphatic heterocycles. The van der Waals surface area contributed by atoms with Crippen LogP contribution in [0.15, 0.2) is 52.3 Å². The van der Waals surface area contributed by atoms with E-state index in [1.807, 2.05) is 42.5 Å². The summed E-state index contributed by atoms with van der Waals surface area (Å²) in [7, 11) is 0.553. The summed E-state index contributed by atoms with van der Waals surface area (Å²) in [6, 6.07) is 13.1. The van der Waals surface area contributed by atoms with Crippen LogP contribution in [0.5, 0.6) is 11.5 Å². The molecule has 0 amide bonds. The average Bonchev–Trinajstić information content (AvgIpc) is 2.85. The van der Waals surface area contributed by atoms with E-state index in [4.69, 9.17) is 9.47 Å². The third-order valence-corrected chi connectivity index (χ3v) is 9.37. The normalized spacial score (nSPS) is 17.3. The van der Waals surface area contributed by atoms with E-state index in [1.165, 1.54) is 0 Å². The molecule has 0 aliphatic carbocycles. The van der Waals surface area contributed by atoms with Gasteiger partial charge in [0.1, 0.15) is 0 Å². The fraction of sp³-hybridized carbons (Fsp3) is 0.143. The van der Waals surface area contributed by atoms with Crippen molar-refractivity contribution in [3.8, 4) is 11.5 Å². The molecule has 1 aliphatic rings. The first kappa shape index (κ1) is 13.6. The summed E-state index contributed by atoms with van der Waals surface area (Å²) >= 11 is -0.000666. The third kappa shape index (κ3) is 2.15. The molecule has 0 aromatic heterocycles. The molecule has 2 aromatic carbocycles. The van der Waals surface area contributed by atoms with Gasteiger partial charge in [-0.25, -0.2) is 0 Å². The van der Waals surface area contributed by atoms with Gasteiger partial charge in [-0.2, -0.15) is 0 Å². The van der Waals surface area contributed by atoms with E-state index in [1.54, 1.807) is 14.2 Å². The molecule has 2 aromatic rings. The van der Waals surface area contributed by atoms with Crippen LogP contribution in [0.3, 0.4) is 0 Å². The first-order chi connectivity index (χ1) is 9.67. The summed E-state index contributed by atoms with van der Waals surface area (Å²) in [6.07, 6.45) is 0. The Balaban J connectivity index is 2.05. The second kappa shape index (κ2) is 5.22. The van der Waals surface area contributed by atoms with Gasteiger partial charge in [0.05, 0.1) is 0 Å². The molecule has 0 spiro atoms. The van der Waals surface area contributed by atoms with Gasteiger partial charge >= 0.3 is 125 Å². The molecule has 6 heteroatoms. The van der Waals surface area contributed by atoms with Crippen molar-refractivity contribution in [2.24, 2.45) is 0 Å². The molecule has 3 rings (SSSR count). The Morgan fingerprint density at radius 1 is 1.00 bits per heavy atom. The van der Waals surface area contributed by atoms with E-state index in [9.17, 15) is 4.21 Å². The molecule has 0 fully saturated rings. The van der Waals surface area contributed by atoms with Crippen molar-refractivity contribution >= 4 is 29.8 Å². The monoisotopic (exact) mass is 357 g/mol. The van der Waals surface area contributed by atoms with Crippen LogP contribution in [0.4, 0.5) is 0 Å². The number of fused-ring (bicyclic) bond motifs is 1. The SMILES string of the molecule is COc1ccc([SH]2(=O)N[Se]c3cc(OC)ccc32)cc1. The van der Waals surface area contributed by atoms with Crippen LogP contribution in [0.1, 0.15) is 0 Å². The van der Waals surface area contributed by atoms with Crippen molar-refractivity contribution in [2.45, 2.75) is 9.79 Å². The molecule has 0 bridgehead atoms. The molecule has 0 atom stereocenters. The molecule has 20 heavy (non-hydrogen) atoms. The maximum absolute atomic E-state index is 13.3. The summed E-state index contributed by atoms with van der Waals surface area (Å²) in [5.74, 6) is 1.57. The van der Waals surface area contributed by atoms with Gasteiger partial charge in [-0.05, 0) is 0 Å². The number of thiol groups is 1. The predicted molar refractivity (Wildman–Crippen MR) is 80.6 cm³/mol. The van der Waals surface area contributed by atoms with Gasteiger partial charge in [0.2, 0.25) is 0 Å². The van der Waals surface area contributed by atoms with Crippen molar-refractivity contribution in [3.05, 3.63) is 42.5 Å². The fourth-order valence-corrected chi connectivity index (χ4v) is 8.53. The van der Waals surface area contributed by atoms with Gasteiger partial charge in [-0.1, -0.05) is 0 Å². The molecule has 0 radical (unpaired) electrons. The molecule has 1 N–H and O–H groups in total. The molecule has 106 valence electrons. The predicted octanol–water partition coefficient (Wildman–Crippen LogP) is 0.901. The Kier molecular flexibility index (Phi) is 3.56. The number of benzene rings is 2. The van der Waals surface area contributed by atoms with E-state index in [0.717, 1.165) is 25.8 Å². The van der Waals surface area contributed by atoms with E-state index >= 15 is 0 Å². The molecule has 0 unspecified atom stereocenters. The quantitative estimate of drug-likeness (QED) is 0.635. The first-order valence-electron chi connectivity index (χ1n) is 6.05. The number of ether oxygens (including phenoxy) is 2. The molecular formula is C14H15NO3SSe. The van der Waals surface area contributed by atoms with Crippen molar-refractivity contribution in [3.63, 3.8) is 0 Å². The Labute approximate surface area is 125 Å². The van der Waals surface area contributed by atoms with Crippen molar-refractivity contribution in [2.75, 3.05) is 14.2 Å². The summed E-state index contributed by atoms with van der Waals surface area (Å²) < 4.78 is 27.9. The van der Waals surface area contributed by atoms with Crippen molar-refractivity contribution in [1.82, 2.24) is 3.74 Å². The second-order valence-corrected chi connectivity index (χ2v) is 9.23. The summed E-state index contributed by atoms with van der Waals surface area (Å²) in [5.41, 5.74) is 0. The summed E-state index contributed by atoms with van der Waals surface area (Å²) in [6.45, 7) is 0. The standard InChI is InChI=1S/C14H15NO3SSe/c1-17-10-3-6-12(7-4-10)19(16)13-8-5-11(18-2)9-14(13)20-15-19/h3-9,19H,1-2H3,(H,15,16). The van der Waals surface area contributed by atoms with Crippen LogP contribution in [-0.2, 0) is 10.1 Å². The number of nitrogens with one attached hydrogen (secondary N) is 1. The molecular weight excluding hydrogens is 341 g/mol. The van der Waals surface area contributed by atoms with Gasteiger partial charge in [0, 0.05) is 0 Å². The van der Waals surface area contributed by atoms with Gasteiger partial charge in [0.15, 0.2) is 0 Å². The minimum atomic E-state index is -2.71. The topological polar surface area (TPSA) is 47.6 Å². The van der Waals surface area contributed by atoms with Crippen LogP contribution < -0.4 is 17.7 Å². The van der Waals surface area contributed by atoms with Gasteiger partial charge in [-0.15, -0.1) is 0 Å². The average molecular weight is 356 g/mol. The fourth-order valence-electron chi connectivity index (χ4n) is 2.11.